The van der Waals surface area contributed by atoms with Gasteiger partial charge in [-0.1, -0.05) is 43.5 Å². The highest BCUT2D eigenvalue weighted by Gasteiger charge is 2.34. The maximum atomic E-state index is 13.9. The number of ether oxygens (including phenoxy) is 2. The van der Waals surface area contributed by atoms with Crippen molar-refractivity contribution in [2.45, 2.75) is 57.7 Å². The quantitative estimate of drug-likeness (QED) is 0.431. The average molecular weight is 503 g/mol. The van der Waals surface area contributed by atoms with Crippen LogP contribution < -0.4 is 14.8 Å². The van der Waals surface area contributed by atoms with Gasteiger partial charge in [0.25, 0.3) is 5.91 Å². The van der Waals surface area contributed by atoms with Crippen molar-refractivity contribution in [2.24, 2.45) is 0 Å². The minimum Gasteiger partial charge on any atom is -0.497 e. The predicted octanol–water partition coefficient (Wildman–Crippen LogP) is 4.72. The molecule has 0 saturated heterocycles. The van der Waals surface area contributed by atoms with E-state index in [1.54, 1.807) is 12.0 Å². The number of aromatic nitrogens is 2. The maximum absolute atomic E-state index is 13.9. The Bertz CT molecular complexity index is 1150. The zero-order chi connectivity index (χ0) is 26.0. The molecule has 1 saturated carbocycles. The third kappa shape index (κ3) is 6.84. The smallest absolute Gasteiger partial charge is 0.275 e. The highest BCUT2D eigenvalue weighted by molar-refractivity contribution is 5.96. The molecule has 1 aliphatic rings. The van der Waals surface area contributed by atoms with Gasteiger partial charge in [0.2, 0.25) is 5.91 Å². The van der Waals surface area contributed by atoms with Crippen molar-refractivity contribution in [1.82, 2.24) is 20.2 Å². The summed E-state index contributed by atoms with van der Waals surface area (Å²) in [4.78, 5) is 37.6. The zero-order valence-electron chi connectivity index (χ0n) is 21.4. The van der Waals surface area contributed by atoms with Crippen LogP contribution in [-0.4, -0.2) is 46.4 Å². The van der Waals surface area contributed by atoms with Crippen LogP contribution in [0.15, 0.2) is 67.1 Å². The van der Waals surface area contributed by atoms with Crippen LogP contribution in [0.25, 0.3) is 0 Å². The van der Waals surface area contributed by atoms with Crippen molar-refractivity contribution < 1.29 is 19.1 Å². The average Bonchev–Trinajstić information content (AvgIpc) is 2.95. The molecule has 0 radical (unpaired) electrons. The topological polar surface area (TPSA) is 93.7 Å². The second kappa shape index (κ2) is 12.9. The van der Waals surface area contributed by atoms with E-state index in [0.29, 0.717) is 23.7 Å². The lowest BCUT2D eigenvalue weighted by Gasteiger charge is -2.33. The first kappa shape index (κ1) is 26.1. The lowest BCUT2D eigenvalue weighted by molar-refractivity contribution is -0.127. The highest BCUT2D eigenvalue weighted by Crippen LogP contribution is 2.29. The molecule has 0 bridgehead atoms. The van der Waals surface area contributed by atoms with E-state index in [1.165, 1.54) is 25.0 Å². The molecule has 8 nitrogen and oxygen atoms in total. The summed E-state index contributed by atoms with van der Waals surface area (Å²) in [5.74, 6) is 0.844. The van der Waals surface area contributed by atoms with Crippen LogP contribution in [0.2, 0.25) is 0 Å². The summed E-state index contributed by atoms with van der Waals surface area (Å²) in [6.45, 7) is 2.67. The molecule has 37 heavy (non-hydrogen) atoms. The summed E-state index contributed by atoms with van der Waals surface area (Å²) in [5, 5.41) is 3.23. The van der Waals surface area contributed by atoms with Gasteiger partial charge in [0.15, 0.2) is 0 Å². The summed E-state index contributed by atoms with van der Waals surface area (Å²) >= 11 is 0. The van der Waals surface area contributed by atoms with Gasteiger partial charge in [-0.25, -0.2) is 4.98 Å². The van der Waals surface area contributed by atoms with E-state index in [1.807, 2.05) is 55.5 Å². The summed E-state index contributed by atoms with van der Waals surface area (Å²) in [5.41, 5.74) is 1.74. The maximum Gasteiger partial charge on any atom is 0.275 e. The molecular weight excluding hydrogens is 468 g/mol. The van der Waals surface area contributed by atoms with E-state index < -0.39 is 6.04 Å². The van der Waals surface area contributed by atoms with Crippen LogP contribution in [0.1, 0.15) is 66.7 Å². The van der Waals surface area contributed by atoms with Gasteiger partial charge in [-0.15, -0.1) is 0 Å². The molecule has 1 fully saturated rings. The van der Waals surface area contributed by atoms with Gasteiger partial charge >= 0.3 is 0 Å². The fourth-order valence-electron chi connectivity index (χ4n) is 4.68. The number of amides is 2. The first-order chi connectivity index (χ1) is 18.1. The molecule has 1 atom stereocenters. The Morgan fingerprint density at radius 1 is 1.00 bits per heavy atom. The van der Waals surface area contributed by atoms with Crippen LogP contribution in [0.4, 0.5) is 0 Å². The van der Waals surface area contributed by atoms with E-state index in [9.17, 15) is 9.59 Å². The molecule has 2 amide bonds. The minimum absolute atomic E-state index is 0.0981. The molecule has 1 heterocycles. The number of hydrogen-bond acceptors (Lipinski definition) is 6. The predicted molar refractivity (Wildman–Crippen MR) is 140 cm³/mol. The van der Waals surface area contributed by atoms with Crippen LogP contribution in [-0.2, 0) is 11.3 Å². The fraction of sp³-hybridized carbons (Fsp3) is 0.379. The monoisotopic (exact) mass is 502 g/mol. The number of benzene rings is 2. The van der Waals surface area contributed by atoms with Crippen molar-refractivity contribution in [1.29, 1.82) is 0 Å². The zero-order valence-corrected chi connectivity index (χ0v) is 21.4. The van der Waals surface area contributed by atoms with Crippen LogP contribution in [0.5, 0.6) is 11.5 Å². The van der Waals surface area contributed by atoms with E-state index in [-0.39, 0.29) is 30.1 Å². The molecule has 2 aromatic carbocycles. The molecule has 194 valence electrons. The molecule has 3 aromatic rings. The Kier molecular flexibility index (Phi) is 9.08. The summed E-state index contributed by atoms with van der Waals surface area (Å²) in [6, 6.07) is 14.1. The molecular formula is C29H34N4O4. The van der Waals surface area contributed by atoms with E-state index in [4.69, 9.17) is 9.47 Å². The number of hydrogen-bond donors (Lipinski definition) is 1. The molecule has 4 rings (SSSR count). The summed E-state index contributed by atoms with van der Waals surface area (Å²) in [6.07, 6.45) is 9.67. The van der Waals surface area contributed by atoms with Crippen molar-refractivity contribution in [3.63, 3.8) is 0 Å². The van der Waals surface area contributed by atoms with Crippen molar-refractivity contribution in [2.75, 3.05) is 13.7 Å². The Hall–Kier alpha value is -3.94. The van der Waals surface area contributed by atoms with Crippen LogP contribution >= 0.6 is 0 Å². The number of methoxy groups -OCH3 is 1. The second-order valence-electron chi connectivity index (χ2n) is 9.12. The normalized spacial score (nSPS) is 14.4. The molecule has 1 aromatic heterocycles. The molecule has 8 heteroatoms. The van der Waals surface area contributed by atoms with Gasteiger partial charge in [0.05, 0.1) is 19.9 Å². The SMILES string of the molecule is CCOc1ccc([C@@H](C(=O)NC2CCCCC2)N(Cc2ccc(OC)cc2)C(=O)c2cnccn2)cc1. The standard InChI is InChI=1S/C29H34N4O4/c1-3-37-25-15-11-22(12-16-25)27(28(34)32-23-7-5-4-6-8-23)33(29(35)26-19-30-17-18-31-26)20-21-9-13-24(36-2)14-10-21/h9-19,23,27H,3-8,20H2,1-2H3,(H,32,34)/t27-/m0/s1. The van der Waals surface area contributed by atoms with Gasteiger partial charge in [0.1, 0.15) is 23.2 Å². The summed E-state index contributed by atoms with van der Waals surface area (Å²) < 4.78 is 10.9. The first-order valence-corrected chi connectivity index (χ1v) is 12.8. The van der Waals surface area contributed by atoms with E-state index >= 15 is 0 Å². The van der Waals surface area contributed by atoms with Gasteiger partial charge in [0, 0.05) is 25.0 Å². The lowest BCUT2D eigenvalue weighted by Crippen LogP contribution is -2.47. The third-order valence-electron chi connectivity index (χ3n) is 6.57. The van der Waals surface area contributed by atoms with Crippen molar-refractivity contribution >= 4 is 11.8 Å². The fourth-order valence-corrected chi connectivity index (χ4v) is 4.68. The Morgan fingerprint density at radius 3 is 2.32 bits per heavy atom. The number of rotatable bonds is 10. The highest BCUT2D eigenvalue weighted by atomic mass is 16.5. The molecule has 0 unspecified atom stereocenters. The Balaban J connectivity index is 1.73. The van der Waals surface area contributed by atoms with Crippen molar-refractivity contribution in [3.8, 4) is 11.5 Å². The van der Waals surface area contributed by atoms with Gasteiger partial charge in [-0.2, -0.15) is 0 Å². The van der Waals surface area contributed by atoms with Gasteiger partial charge in [-0.3, -0.25) is 14.6 Å². The number of carbonyl (C=O) groups is 2. The van der Waals surface area contributed by atoms with Gasteiger partial charge in [-0.05, 0) is 55.2 Å². The van der Waals surface area contributed by atoms with Crippen molar-refractivity contribution in [3.05, 3.63) is 83.9 Å². The molecule has 1 aliphatic carbocycles. The molecule has 1 N–H and O–H groups in total. The number of carbonyl (C=O) groups excluding carboxylic acids is 2. The second-order valence-corrected chi connectivity index (χ2v) is 9.12. The molecule has 0 spiro atoms. The number of nitrogens with zero attached hydrogens (tertiary/aromatic N) is 3. The van der Waals surface area contributed by atoms with E-state index in [2.05, 4.69) is 15.3 Å². The third-order valence-corrected chi connectivity index (χ3v) is 6.57. The lowest BCUT2D eigenvalue weighted by atomic mass is 9.94. The Labute approximate surface area is 218 Å². The molecule has 0 aliphatic heterocycles. The first-order valence-electron chi connectivity index (χ1n) is 12.8. The van der Waals surface area contributed by atoms with Crippen LogP contribution in [0.3, 0.4) is 0 Å². The number of nitrogens with one attached hydrogen (secondary N) is 1. The Morgan fingerprint density at radius 2 is 1.70 bits per heavy atom. The van der Waals surface area contributed by atoms with Crippen LogP contribution in [0, 0.1) is 0 Å². The summed E-state index contributed by atoms with van der Waals surface area (Å²) in [7, 11) is 1.61. The van der Waals surface area contributed by atoms with E-state index in [0.717, 1.165) is 31.2 Å². The minimum atomic E-state index is -0.866. The largest absolute Gasteiger partial charge is 0.497 e. The van der Waals surface area contributed by atoms with Gasteiger partial charge < -0.3 is 19.7 Å².